The van der Waals surface area contributed by atoms with Crippen molar-refractivity contribution >= 4 is 38.4 Å². The van der Waals surface area contributed by atoms with Gasteiger partial charge in [-0.15, -0.1) is 0 Å². The molecule has 30 heavy (non-hydrogen) atoms. The molecule has 0 unspecified atom stereocenters. The lowest BCUT2D eigenvalue weighted by Gasteiger charge is -2.17. The fraction of sp³-hybridized carbons (Fsp3) is 0.381. The van der Waals surface area contributed by atoms with E-state index in [-0.39, 0.29) is 24.8 Å². The molecule has 160 valence electrons. The van der Waals surface area contributed by atoms with Crippen LogP contribution in [-0.2, 0) is 34.2 Å². The van der Waals surface area contributed by atoms with E-state index < -0.39 is 10.0 Å². The zero-order valence-electron chi connectivity index (χ0n) is 16.6. The summed E-state index contributed by atoms with van der Waals surface area (Å²) < 4.78 is 42.6. The van der Waals surface area contributed by atoms with Crippen molar-refractivity contribution in [2.24, 2.45) is 0 Å². The van der Waals surface area contributed by atoms with E-state index in [1.165, 1.54) is 31.1 Å². The first kappa shape index (κ1) is 21.0. The van der Waals surface area contributed by atoms with Crippen molar-refractivity contribution < 1.29 is 22.4 Å². The smallest absolute Gasteiger partial charge is 0.236 e. The van der Waals surface area contributed by atoms with Crippen LogP contribution in [0.25, 0.3) is 11.0 Å². The van der Waals surface area contributed by atoms with Crippen LogP contribution in [-0.4, -0.2) is 33.0 Å². The quantitative estimate of drug-likeness (QED) is 0.549. The largest absolute Gasteiger partial charge is 0.489 e. The highest BCUT2D eigenvalue weighted by molar-refractivity contribution is 7.92. The molecule has 0 amide bonds. The number of hydrogen-bond donors (Lipinski definition) is 1. The maximum absolute atomic E-state index is 12.1. The Balaban J connectivity index is 1.50. The third-order valence-electron chi connectivity index (χ3n) is 5.16. The Kier molecular flexibility index (Phi) is 6.17. The average molecular weight is 451 g/mol. The number of aromatic nitrogens is 1. The van der Waals surface area contributed by atoms with Crippen LogP contribution < -0.4 is 9.46 Å². The summed E-state index contributed by atoms with van der Waals surface area (Å²) in [5.41, 5.74) is 3.90. The van der Waals surface area contributed by atoms with E-state index in [1.807, 2.05) is 6.07 Å². The van der Waals surface area contributed by atoms with Crippen molar-refractivity contribution in [1.82, 2.24) is 5.16 Å². The Bertz CT molecular complexity index is 1160. The Morgan fingerprint density at radius 2 is 1.97 bits per heavy atom. The molecule has 1 aliphatic rings. The van der Waals surface area contributed by atoms with Gasteiger partial charge in [-0.2, -0.15) is 0 Å². The maximum Gasteiger partial charge on any atom is 0.236 e. The van der Waals surface area contributed by atoms with E-state index in [0.717, 1.165) is 24.2 Å². The van der Waals surface area contributed by atoms with Gasteiger partial charge in [0, 0.05) is 17.7 Å². The first-order valence-electron chi connectivity index (χ1n) is 9.77. The summed E-state index contributed by atoms with van der Waals surface area (Å²) in [7, 11) is -2.16. The molecule has 0 aliphatic heterocycles. The summed E-state index contributed by atoms with van der Waals surface area (Å²) in [6.07, 6.45) is 4.66. The van der Waals surface area contributed by atoms with Crippen molar-refractivity contribution in [1.29, 1.82) is 0 Å². The van der Waals surface area contributed by atoms with Crippen molar-refractivity contribution in [3.8, 4) is 5.75 Å². The molecule has 7 nitrogen and oxygen atoms in total. The van der Waals surface area contributed by atoms with Gasteiger partial charge < -0.3 is 14.0 Å². The van der Waals surface area contributed by atoms with Gasteiger partial charge in [0.05, 0.1) is 17.7 Å². The number of methoxy groups -OCH3 is 1. The second kappa shape index (κ2) is 8.83. The number of nitrogens with one attached hydrogen (secondary N) is 1. The van der Waals surface area contributed by atoms with Gasteiger partial charge in [-0.1, -0.05) is 22.8 Å². The van der Waals surface area contributed by atoms with Crippen LogP contribution in [0.2, 0.25) is 5.02 Å². The molecule has 1 N–H and O–H groups in total. The molecule has 0 atom stereocenters. The predicted octanol–water partition coefficient (Wildman–Crippen LogP) is 4.33. The molecule has 2 aromatic carbocycles. The zero-order valence-corrected chi connectivity index (χ0v) is 18.2. The van der Waals surface area contributed by atoms with E-state index in [2.05, 4.69) is 22.0 Å². The normalized spacial score (nSPS) is 13.9. The summed E-state index contributed by atoms with van der Waals surface area (Å²) in [4.78, 5) is 0. The van der Waals surface area contributed by atoms with Crippen LogP contribution in [0, 0.1) is 0 Å². The molecule has 3 aromatic rings. The van der Waals surface area contributed by atoms with Crippen molar-refractivity contribution in [3.05, 3.63) is 52.0 Å². The Morgan fingerprint density at radius 1 is 1.17 bits per heavy atom. The molecule has 0 radical (unpaired) electrons. The van der Waals surface area contributed by atoms with Crippen LogP contribution in [0.4, 0.5) is 5.82 Å². The summed E-state index contributed by atoms with van der Waals surface area (Å²) in [5, 5.41) is 4.76. The highest BCUT2D eigenvalue weighted by Crippen LogP contribution is 2.31. The molecule has 0 fully saturated rings. The average Bonchev–Trinajstić information content (AvgIpc) is 3.11. The fourth-order valence-electron chi connectivity index (χ4n) is 3.54. The molecule has 0 saturated carbocycles. The number of fused-ring (bicyclic) bond motifs is 2. The third-order valence-corrected chi connectivity index (χ3v) is 6.72. The van der Waals surface area contributed by atoms with Gasteiger partial charge in [-0.3, -0.25) is 4.72 Å². The first-order chi connectivity index (χ1) is 14.4. The van der Waals surface area contributed by atoms with Gasteiger partial charge in [0.1, 0.15) is 12.4 Å². The molecule has 0 spiro atoms. The van der Waals surface area contributed by atoms with Crippen LogP contribution in [0.15, 0.2) is 34.9 Å². The second-order valence-electron chi connectivity index (χ2n) is 7.31. The summed E-state index contributed by atoms with van der Waals surface area (Å²) in [6, 6.07) is 9.57. The van der Waals surface area contributed by atoms with Crippen LogP contribution in [0.1, 0.15) is 29.5 Å². The van der Waals surface area contributed by atoms with Crippen molar-refractivity contribution in [2.75, 3.05) is 24.2 Å². The molecule has 1 aliphatic carbocycles. The van der Waals surface area contributed by atoms with Crippen molar-refractivity contribution in [3.63, 3.8) is 0 Å². The minimum absolute atomic E-state index is 0.0794. The standard InChI is InChI=1S/C21H23ClN2O5S/c1-27-8-9-30(25,26)24-21-18-12-19(22)16(11-20(18)29-23-21)13-28-17-7-6-14-4-2-3-5-15(14)10-17/h6-7,10-12H,2-5,8-9,13H2,1H3,(H,23,24). The number of rotatable bonds is 8. The number of ether oxygens (including phenoxy) is 2. The zero-order chi connectivity index (χ0) is 21.1. The summed E-state index contributed by atoms with van der Waals surface area (Å²) >= 11 is 6.42. The molecular formula is C21H23ClN2O5S. The lowest BCUT2D eigenvalue weighted by atomic mass is 9.92. The highest BCUT2D eigenvalue weighted by atomic mass is 35.5. The number of halogens is 1. The number of anilines is 1. The van der Waals surface area contributed by atoms with Gasteiger partial charge in [0.15, 0.2) is 11.4 Å². The topological polar surface area (TPSA) is 90.7 Å². The number of hydrogen-bond acceptors (Lipinski definition) is 6. The number of sulfonamides is 1. The van der Waals surface area contributed by atoms with Gasteiger partial charge >= 0.3 is 0 Å². The minimum atomic E-state index is -3.60. The van der Waals surface area contributed by atoms with E-state index >= 15 is 0 Å². The Morgan fingerprint density at radius 3 is 2.77 bits per heavy atom. The summed E-state index contributed by atoms with van der Waals surface area (Å²) in [5.74, 6) is 0.722. The van der Waals surface area contributed by atoms with Gasteiger partial charge in [0.2, 0.25) is 10.0 Å². The van der Waals surface area contributed by atoms with Gasteiger partial charge in [-0.05, 0) is 61.1 Å². The van der Waals surface area contributed by atoms with Gasteiger partial charge in [-0.25, -0.2) is 8.42 Å². The second-order valence-corrected chi connectivity index (χ2v) is 9.56. The van der Waals surface area contributed by atoms with E-state index in [9.17, 15) is 8.42 Å². The maximum atomic E-state index is 12.1. The molecule has 0 saturated heterocycles. The minimum Gasteiger partial charge on any atom is -0.489 e. The van der Waals surface area contributed by atoms with Crippen LogP contribution >= 0.6 is 11.6 Å². The van der Waals surface area contributed by atoms with E-state index in [0.29, 0.717) is 16.0 Å². The van der Waals surface area contributed by atoms with E-state index in [4.69, 9.17) is 25.6 Å². The SMILES string of the molecule is COCCS(=O)(=O)Nc1noc2cc(COc3ccc4c(c3)CCCC4)c(Cl)cc12. The van der Waals surface area contributed by atoms with Gasteiger partial charge in [0.25, 0.3) is 0 Å². The first-order valence-corrected chi connectivity index (χ1v) is 11.8. The van der Waals surface area contributed by atoms with Crippen molar-refractivity contribution in [2.45, 2.75) is 32.3 Å². The lowest BCUT2D eigenvalue weighted by Crippen LogP contribution is -2.19. The Labute approximate surface area is 180 Å². The molecular weight excluding hydrogens is 428 g/mol. The third kappa shape index (κ3) is 4.71. The molecule has 1 heterocycles. The van der Waals surface area contributed by atoms with Crippen LogP contribution in [0.5, 0.6) is 5.75 Å². The highest BCUT2D eigenvalue weighted by Gasteiger charge is 2.18. The monoisotopic (exact) mass is 450 g/mol. The van der Waals surface area contributed by atoms with E-state index in [1.54, 1.807) is 12.1 Å². The molecule has 4 rings (SSSR count). The molecule has 0 bridgehead atoms. The Hall–Kier alpha value is -2.29. The predicted molar refractivity (Wildman–Crippen MR) is 116 cm³/mol. The molecule has 1 aromatic heterocycles. The number of aryl methyl sites for hydroxylation is 2. The molecule has 9 heteroatoms. The number of nitrogens with zero attached hydrogens (tertiary/aromatic N) is 1. The van der Waals surface area contributed by atoms with Crippen LogP contribution in [0.3, 0.4) is 0 Å². The lowest BCUT2D eigenvalue weighted by molar-refractivity contribution is 0.217. The fourth-order valence-corrected chi connectivity index (χ4v) is 4.68. The number of benzene rings is 2. The summed E-state index contributed by atoms with van der Waals surface area (Å²) in [6.45, 7) is 0.346.